The first kappa shape index (κ1) is 13.9. The summed E-state index contributed by atoms with van der Waals surface area (Å²) in [5, 5.41) is 0. The Kier molecular flexibility index (Phi) is 6.32. The zero-order valence-electron chi connectivity index (χ0n) is 11.3. The van der Waals surface area contributed by atoms with Crippen molar-refractivity contribution in [3.63, 3.8) is 0 Å². The molecule has 0 saturated carbocycles. The first-order chi connectivity index (χ1) is 7.67. The van der Waals surface area contributed by atoms with Crippen LogP contribution in [0, 0.1) is 5.92 Å². The molecule has 16 heavy (non-hydrogen) atoms. The van der Waals surface area contributed by atoms with E-state index in [1.54, 1.807) is 0 Å². The number of piperazine rings is 1. The van der Waals surface area contributed by atoms with Gasteiger partial charge in [-0.3, -0.25) is 0 Å². The molecule has 0 spiro atoms. The van der Waals surface area contributed by atoms with Crippen molar-refractivity contribution >= 4 is 0 Å². The Bertz CT molecular complexity index is 184. The van der Waals surface area contributed by atoms with E-state index < -0.39 is 0 Å². The Morgan fingerprint density at radius 2 is 2.12 bits per heavy atom. The second-order valence-corrected chi connectivity index (χ2v) is 5.34. The predicted molar refractivity (Wildman–Crippen MR) is 70.6 cm³/mol. The standard InChI is InChI=1S/C13H29N3/c1-4-13-11-16(9-8-15(13)3)10-12(2)6-5-7-14/h12-13H,4-11,14H2,1-3H3. The third-order valence-corrected chi connectivity index (χ3v) is 3.80. The second-order valence-electron chi connectivity index (χ2n) is 5.34. The molecule has 0 bridgehead atoms. The lowest BCUT2D eigenvalue weighted by Crippen LogP contribution is -2.51. The van der Waals surface area contributed by atoms with Crippen LogP contribution in [0.3, 0.4) is 0 Å². The fourth-order valence-electron chi connectivity index (χ4n) is 2.62. The molecule has 1 saturated heterocycles. The quantitative estimate of drug-likeness (QED) is 0.744. The highest BCUT2D eigenvalue weighted by atomic mass is 15.3. The topological polar surface area (TPSA) is 32.5 Å². The first-order valence-corrected chi connectivity index (χ1v) is 6.80. The molecule has 1 rings (SSSR count). The molecule has 1 aliphatic heterocycles. The largest absolute Gasteiger partial charge is 0.330 e. The Balaban J connectivity index is 2.27. The van der Waals surface area contributed by atoms with Gasteiger partial charge in [-0.1, -0.05) is 13.8 Å². The van der Waals surface area contributed by atoms with E-state index in [2.05, 4.69) is 30.7 Å². The minimum Gasteiger partial charge on any atom is -0.330 e. The Hall–Kier alpha value is -0.120. The Morgan fingerprint density at radius 1 is 1.38 bits per heavy atom. The van der Waals surface area contributed by atoms with E-state index in [1.807, 2.05) is 0 Å². The summed E-state index contributed by atoms with van der Waals surface area (Å²) in [5.41, 5.74) is 5.55. The van der Waals surface area contributed by atoms with Crippen LogP contribution < -0.4 is 5.73 Å². The van der Waals surface area contributed by atoms with E-state index in [0.29, 0.717) is 0 Å². The molecule has 2 unspecified atom stereocenters. The molecule has 0 radical (unpaired) electrons. The molecule has 96 valence electrons. The Labute approximate surface area is 101 Å². The summed E-state index contributed by atoms with van der Waals surface area (Å²) in [5.74, 6) is 0.796. The summed E-state index contributed by atoms with van der Waals surface area (Å²) in [6.07, 6.45) is 3.72. The van der Waals surface area contributed by atoms with Crippen LogP contribution in [0.1, 0.15) is 33.1 Å². The molecule has 1 fully saturated rings. The van der Waals surface area contributed by atoms with Crippen molar-refractivity contribution in [2.45, 2.75) is 39.2 Å². The van der Waals surface area contributed by atoms with E-state index in [1.165, 1.54) is 45.4 Å². The van der Waals surface area contributed by atoms with E-state index in [0.717, 1.165) is 18.5 Å². The van der Waals surface area contributed by atoms with Crippen LogP contribution in [0.4, 0.5) is 0 Å². The van der Waals surface area contributed by atoms with Gasteiger partial charge >= 0.3 is 0 Å². The maximum Gasteiger partial charge on any atom is 0.0218 e. The van der Waals surface area contributed by atoms with Gasteiger partial charge in [0.15, 0.2) is 0 Å². The van der Waals surface area contributed by atoms with Crippen LogP contribution in [0.2, 0.25) is 0 Å². The van der Waals surface area contributed by atoms with Gasteiger partial charge in [0.05, 0.1) is 0 Å². The number of nitrogens with two attached hydrogens (primary N) is 1. The fraction of sp³-hybridized carbons (Fsp3) is 1.00. The predicted octanol–water partition coefficient (Wildman–Crippen LogP) is 1.39. The van der Waals surface area contributed by atoms with Gasteiger partial charge in [0.2, 0.25) is 0 Å². The van der Waals surface area contributed by atoms with Crippen LogP contribution in [0.5, 0.6) is 0 Å². The molecule has 3 heteroatoms. The van der Waals surface area contributed by atoms with Gasteiger partial charge in [-0.15, -0.1) is 0 Å². The number of hydrogen-bond acceptors (Lipinski definition) is 3. The number of rotatable bonds is 6. The zero-order chi connectivity index (χ0) is 12.0. The maximum absolute atomic E-state index is 5.55. The van der Waals surface area contributed by atoms with Gasteiger partial charge < -0.3 is 15.5 Å². The summed E-state index contributed by atoms with van der Waals surface area (Å²) < 4.78 is 0. The van der Waals surface area contributed by atoms with Crippen molar-refractivity contribution in [2.75, 3.05) is 39.8 Å². The highest BCUT2D eigenvalue weighted by molar-refractivity contribution is 4.79. The molecule has 0 amide bonds. The normalized spacial score (nSPS) is 25.9. The summed E-state index contributed by atoms with van der Waals surface area (Å²) >= 11 is 0. The van der Waals surface area contributed by atoms with Crippen LogP contribution in [-0.2, 0) is 0 Å². The lowest BCUT2D eigenvalue weighted by atomic mass is 10.0. The fourth-order valence-corrected chi connectivity index (χ4v) is 2.62. The van der Waals surface area contributed by atoms with Gasteiger partial charge in [-0.05, 0) is 38.8 Å². The first-order valence-electron chi connectivity index (χ1n) is 6.80. The van der Waals surface area contributed by atoms with Crippen molar-refractivity contribution in [3.8, 4) is 0 Å². The van der Waals surface area contributed by atoms with E-state index >= 15 is 0 Å². The van der Waals surface area contributed by atoms with Crippen molar-refractivity contribution in [2.24, 2.45) is 11.7 Å². The van der Waals surface area contributed by atoms with Crippen molar-refractivity contribution in [1.82, 2.24) is 9.80 Å². The van der Waals surface area contributed by atoms with Gasteiger partial charge in [0, 0.05) is 32.2 Å². The molecule has 0 aromatic heterocycles. The smallest absolute Gasteiger partial charge is 0.0218 e. The van der Waals surface area contributed by atoms with Gasteiger partial charge in [0.1, 0.15) is 0 Å². The van der Waals surface area contributed by atoms with E-state index in [4.69, 9.17) is 5.73 Å². The number of nitrogens with zero attached hydrogens (tertiary/aromatic N) is 2. The molecule has 1 aliphatic rings. The average Bonchev–Trinajstić information content (AvgIpc) is 2.29. The van der Waals surface area contributed by atoms with Crippen molar-refractivity contribution < 1.29 is 0 Å². The van der Waals surface area contributed by atoms with Gasteiger partial charge in [-0.25, -0.2) is 0 Å². The van der Waals surface area contributed by atoms with Crippen LogP contribution >= 0.6 is 0 Å². The highest BCUT2D eigenvalue weighted by Gasteiger charge is 2.23. The zero-order valence-corrected chi connectivity index (χ0v) is 11.3. The minimum absolute atomic E-state index is 0.760. The van der Waals surface area contributed by atoms with Crippen LogP contribution in [-0.4, -0.2) is 55.6 Å². The number of hydrogen-bond donors (Lipinski definition) is 1. The van der Waals surface area contributed by atoms with E-state index in [9.17, 15) is 0 Å². The van der Waals surface area contributed by atoms with Crippen molar-refractivity contribution in [3.05, 3.63) is 0 Å². The Morgan fingerprint density at radius 3 is 2.75 bits per heavy atom. The monoisotopic (exact) mass is 227 g/mol. The molecule has 2 N–H and O–H groups in total. The second kappa shape index (κ2) is 7.25. The molecule has 2 atom stereocenters. The number of likely N-dealkylation sites (N-methyl/N-ethyl adjacent to an activating group) is 1. The lowest BCUT2D eigenvalue weighted by Gasteiger charge is -2.40. The molecule has 0 aromatic carbocycles. The highest BCUT2D eigenvalue weighted by Crippen LogP contribution is 2.14. The molecular weight excluding hydrogens is 198 g/mol. The summed E-state index contributed by atoms with van der Waals surface area (Å²) in [6, 6.07) is 0.760. The minimum atomic E-state index is 0.760. The lowest BCUT2D eigenvalue weighted by molar-refractivity contribution is 0.0823. The van der Waals surface area contributed by atoms with Gasteiger partial charge in [-0.2, -0.15) is 0 Å². The molecular formula is C13H29N3. The molecule has 3 nitrogen and oxygen atoms in total. The maximum atomic E-state index is 5.55. The van der Waals surface area contributed by atoms with Crippen LogP contribution in [0.25, 0.3) is 0 Å². The third-order valence-electron chi connectivity index (χ3n) is 3.80. The van der Waals surface area contributed by atoms with Crippen LogP contribution in [0.15, 0.2) is 0 Å². The molecule has 0 aliphatic carbocycles. The van der Waals surface area contributed by atoms with Gasteiger partial charge in [0.25, 0.3) is 0 Å². The average molecular weight is 227 g/mol. The van der Waals surface area contributed by atoms with E-state index in [-0.39, 0.29) is 0 Å². The SMILES string of the molecule is CCC1CN(CC(C)CCCN)CCN1C. The molecule has 0 aromatic rings. The summed E-state index contributed by atoms with van der Waals surface area (Å²) in [6.45, 7) is 10.5. The molecule has 1 heterocycles. The summed E-state index contributed by atoms with van der Waals surface area (Å²) in [4.78, 5) is 5.14. The van der Waals surface area contributed by atoms with Crippen molar-refractivity contribution in [1.29, 1.82) is 0 Å². The third kappa shape index (κ3) is 4.40. The summed E-state index contributed by atoms with van der Waals surface area (Å²) in [7, 11) is 2.25.